The van der Waals surface area contributed by atoms with E-state index in [-0.39, 0.29) is 0 Å². The molecule has 0 radical (unpaired) electrons. The molecule has 0 amide bonds. The van der Waals surface area contributed by atoms with Gasteiger partial charge >= 0.3 is 0 Å². The maximum Gasteiger partial charge on any atom is 0.127 e. The Morgan fingerprint density at radius 1 is 1.32 bits per heavy atom. The molecule has 1 N–H and O–H groups in total. The Morgan fingerprint density at radius 2 is 2.21 bits per heavy atom. The molecule has 1 aromatic carbocycles. The van der Waals surface area contributed by atoms with Gasteiger partial charge < -0.3 is 10.1 Å². The Bertz CT molecular complexity index is 590. The van der Waals surface area contributed by atoms with Gasteiger partial charge in [0.05, 0.1) is 18.2 Å². The fraction of sp³-hybridized carbons (Fsp3) is 0.200. The van der Waals surface area contributed by atoms with E-state index in [4.69, 9.17) is 10.00 Å². The molecule has 0 unspecified atom stereocenters. The van der Waals surface area contributed by atoms with Crippen LogP contribution in [0.4, 0.5) is 5.82 Å². The van der Waals surface area contributed by atoms with Crippen LogP contribution in [0.25, 0.3) is 0 Å². The summed E-state index contributed by atoms with van der Waals surface area (Å²) in [6.07, 6.45) is 1.61. The van der Waals surface area contributed by atoms with Crippen molar-refractivity contribution in [3.63, 3.8) is 0 Å². The lowest BCUT2D eigenvalue weighted by atomic mass is 10.2. The van der Waals surface area contributed by atoms with Gasteiger partial charge in [-0.15, -0.1) is 0 Å². The minimum atomic E-state index is 0.544. The van der Waals surface area contributed by atoms with E-state index in [1.807, 2.05) is 31.2 Å². The van der Waals surface area contributed by atoms with E-state index in [2.05, 4.69) is 16.4 Å². The first-order chi connectivity index (χ1) is 9.28. The smallest absolute Gasteiger partial charge is 0.127 e. The number of aryl methyl sites for hydroxylation is 1. The molecular weight excluding hydrogens is 238 g/mol. The van der Waals surface area contributed by atoms with Crippen molar-refractivity contribution in [3.05, 3.63) is 53.7 Å². The van der Waals surface area contributed by atoms with Crippen LogP contribution >= 0.6 is 0 Å². The van der Waals surface area contributed by atoms with Crippen LogP contribution in [-0.2, 0) is 0 Å². The zero-order chi connectivity index (χ0) is 13.5. The highest BCUT2D eigenvalue weighted by molar-refractivity contribution is 5.42. The molecule has 1 aromatic heterocycles. The van der Waals surface area contributed by atoms with E-state index in [1.54, 1.807) is 18.3 Å². The third kappa shape index (κ3) is 4.00. The lowest BCUT2D eigenvalue weighted by Crippen LogP contribution is -2.12. The summed E-state index contributed by atoms with van der Waals surface area (Å²) in [6.45, 7) is 3.21. The molecule has 0 spiro atoms. The summed E-state index contributed by atoms with van der Waals surface area (Å²) >= 11 is 0. The molecule has 1 heterocycles. The second-order valence-corrected chi connectivity index (χ2v) is 4.13. The number of hydrogen-bond acceptors (Lipinski definition) is 4. The van der Waals surface area contributed by atoms with Crippen LogP contribution in [0.1, 0.15) is 11.1 Å². The molecule has 4 heteroatoms. The van der Waals surface area contributed by atoms with Crippen LogP contribution in [-0.4, -0.2) is 18.1 Å². The molecule has 0 bridgehead atoms. The van der Waals surface area contributed by atoms with Gasteiger partial charge in [0.25, 0.3) is 0 Å². The van der Waals surface area contributed by atoms with Crippen LogP contribution in [0.15, 0.2) is 42.6 Å². The number of anilines is 1. The number of rotatable bonds is 5. The number of nitrogens with one attached hydrogen (secondary N) is 1. The molecule has 2 rings (SSSR count). The first-order valence-corrected chi connectivity index (χ1v) is 6.07. The number of hydrogen-bond donors (Lipinski definition) is 1. The molecule has 0 fully saturated rings. The minimum absolute atomic E-state index is 0.544. The van der Waals surface area contributed by atoms with Gasteiger partial charge in [-0.1, -0.05) is 12.1 Å². The van der Waals surface area contributed by atoms with Gasteiger partial charge in [-0.3, -0.25) is 0 Å². The Balaban J connectivity index is 1.79. The van der Waals surface area contributed by atoms with Gasteiger partial charge in [-0.25, -0.2) is 4.98 Å². The first kappa shape index (κ1) is 12.9. The molecule has 2 aromatic rings. The number of benzene rings is 1. The summed E-state index contributed by atoms with van der Waals surface area (Å²) in [4.78, 5) is 4.13. The topological polar surface area (TPSA) is 57.9 Å². The van der Waals surface area contributed by atoms with Gasteiger partial charge in [0.1, 0.15) is 18.2 Å². The zero-order valence-electron chi connectivity index (χ0n) is 10.8. The average Bonchev–Trinajstić information content (AvgIpc) is 2.44. The average molecular weight is 253 g/mol. The molecule has 0 aliphatic heterocycles. The highest BCUT2D eigenvalue weighted by Crippen LogP contribution is 2.12. The van der Waals surface area contributed by atoms with Gasteiger partial charge in [-0.05, 0) is 36.8 Å². The van der Waals surface area contributed by atoms with Crippen molar-refractivity contribution in [2.24, 2.45) is 0 Å². The lowest BCUT2D eigenvalue weighted by molar-refractivity contribution is 0.332. The molecule has 0 saturated carbocycles. The highest BCUT2D eigenvalue weighted by Gasteiger charge is 1.97. The number of aromatic nitrogens is 1. The predicted molar refractivity (Wildman–Crippen MR) is 74.1 cm³/mol. The summed E-state index contributed by atoms with van der Waals surface area (Å²) < 4.78 is 5.61. The maximum absolute atomic E-state index is 8.78. The maximum atomic E-state index is 8.78. The summed E-state index contributed by atoms with van der Waals surface area (Å²) in [6, 6.07) is 13.4. The van der Waals surface area contributed by atoms with Gasteiger partial charge in [0, 0.05) is 6.20 Å². The van der Waals surface area contributed by atoms with Gasteiger partial charge in [-0.2, -0.15) is 5.26 Å². The van der Waals surface area contributed by atoms with E-state index in [0.717, 1.165) is 5.75 Å². The number of pyridine rings is 1. The molecule has 4 nitrogen and oxygen atoms in total. The summed E-state index contributed by atoms with van der Waals surface area (Å²) in [5, 5.41) is 11.9. The quantitative estimate of drug-likeness (QED) is 0.832. The first-order valence-electron chi connectivity index (χ1n) is 6.07. The third-order valence-electron chi connectivity index (χ3n) is 2.56. The molecular formula is C15H15N3O. The second-order valence-electron chi connectivity index (χ2n) is 4.13. The van der Waals surface area contributed by atoms with Crippen molar-refractivity contribution >= 4 is 5.82 Å². The van der Waals surface area contributed by atoms with Crippen molar-refractivity contribution in [1.29, 1.82) is 5.26 Å². The van der Waals surface area contributed by atoms with E-state index in [9.17, 15) is 0 Å². The van der Waals surface area contributed by atoms with E-state index in [0.29, 0.717) is 24.5 Å². The second kappa shape index (κ2) is 6.41. The fourth-order valence-corrected chi connectivity index (χ4v) is 1.65. The number of nitrogens with zero attached hydrogens (tertiary/aromatic N) is 2. The van der Waals surface area contributed by atoms with Gasteiger partial charge in [0.15, 0.2) is 0 Å². The largest absolute Gasteiger partial charge is 0.492 e. The fourth-order valence-electron chi connectivity index (χ4n) is 1.65. The van der Waals surface area contributed by atoms with Crippen molar-refractivity contribution in [3.8, 4) is 11.8 Å². The Kier molecular flexibility index (Phi) is 4.35. The monoisotopic (exact) mass is 253 g/mol. The zero-order valence-corrected chi connectivity index (χ0v) is 10.8. The minimum Gasteiger partial charge on any atom is -0.492 e. The van der Waals surface area contributed by atoms with Crippen molar-refractivity contribution < 1.29 is 4.74 Å². The number of ether oxygens (including phenoxy) is 1. The normalized spacial score (nSPS) is 9.68. The van der Waals surface area contributed by atoms with Crippen molar-refractivity contribution in [1.82, 2.24) is 4.98 Å². The van der Waals surface area contributed by atoms with Crippen molar-refractivity contribution in [2.75, 3.05) is 18.5 Å². The van der Waals surface area contributed by atoms with Crippen LogP contribution in [0.5, 0.6) is 5.75 Å². The van der Waals surface area contributed by atoms with Crippen LogP contribution in [0, 0.1) is 18.3 Å². The SMILES string of the molecule is Cc1cccc(OCCNc2cc(C#N)ccn2)c1. The van der Waals surface area contributed by atoms with Gasteiger partial charge in [0.2, 0.25) is 0 Å². The molecule has 96 valence electrons. The third-order valence-corrected chi connectivity index (χ3v) is 2.56. The summed E-state index contributed by atoms with van der Waals surface area (Å²) in [7, 11) is 0. The summed E-state index contributed by atoms with van der Waals surface area (Å²) in [5.41, 5.74) is 1.77. The Labute approximate surface area is 112 Å². The van der Waals surface area contributed by atoms with Crippen LogP contribution < -0.4 is 10.1 Å². The highest BCUT2D eigenvalue weighted by atomic mass is 16.5. The Hall–Kier alpha value is -2.54. The molecule has 0 aliphatic rings. The van der Waals surface area contributed by atoms with E-state index < -0.39 is 0 Å². The lowest BCUT2D eigenvalue weighted by Gasteiger charge is -2.08. The summed E-state index contributed by atoms with van der Waals surface area (Å²) in [5.74, 6) is 1.55. The molecule has 0 atom stereocenters. The molecule has 0 saturated heterocycles. The number of nitriles is 1. The van der Waals surface area contributed by atoms with E-state index in [1.165, 1.54) is 5.56 Å². The molecule has 19 heavy (non-hydrogen) atoms. The Morgan fingerprint density at radius 3 is 3.00 bits per heavy atom. The molecule has 0 aliphatic carbocycles. The standard InChI is InChI=1S/C15H15N3O/c1-12-3-2-4-14(9-12)19-8-7-18-15-10-13(11-16)5-6-17-15/h2-6,9-10H,7-8H2,1H3,(H,17,18). The van der Waals surface area contributed by atoms with Crippen LogP contribution in [0.3, 0.4) is 0 Å². The predicted octanol–water partition coefficient (Wildman–Crippen LogP) is 2.75. The van der Waals surface area contributed by atoms with E-state index >= 15 is 0 Å². The van der Waals surface area contributed by atoms with Crippen LogP contribution in [0.2, 0.25) is 0 Å². The van der Waals surface area contributed by atoms with Crippen molar-refractivity contribution in [2.45, 2.75) is 6.92 Å².